The van der Waals surface area contributed by atoms with Crippen molar-refractivity contribution in [2.75, 3.05) is 18.6 Å². The van der Waals surface area contributed by atoms with Crippen molar-refractivity contribution in [3.8, 4) is 17.1 Å². The number of anilines is 1. The zero-order chi connectivity index (χ0) is 20.8. The highest BCUT2D eigenvalue weighted by Gasteiger charge is 2.47. The third-order valence-corrected chi connectivity index (χ3v) is 5.34. The van der Waals surface area contributed by atoms with E-state index in [1.807, 2.05) is 57.2 Å². The van der Waals surface area contributed by atoms with Crippen LogP contribution in [0.25, 0.3) is 22.4 Å². The zero-order valence-electron chi connectivity index (χ0n) is 17.0. The average molecular weight is 392 g/mol. The number of urea groups is 1. The van der Waals surface area contributed by atoms with Crippen molar-refractivity contribution in [3.63, 3.8) is 0 Å². The number of ether oxygens (including phenoxy) is 1. The lowest BCUT2D eigenvalue weighted by molar-refractivity contribution is -0.121. The number of benzene rings is 2. The highest BCUT2D eigenvalue weighted by atomic mass is 16.5. The van der Waals surface area contributed by atoms with Crippen molar-refractivity contribution in [3.05, 3.63) is 42.0 Å². The number of fused-ring (bicyclic) bond motifs is 2. The van der Waals surface area contributed by atoms with E-state index in [0.717, 1.165) is 34.6 Å². The Bertz CT molecular complexity index is 1100. The average Bonchev–Trinajstić information content (AvgIpc) is 3.22. The summed E-state index contributed by atoms with van der Waals surface area (Å²) in [6.07, 6.45) is 0.799. The maximum Gasteiger partial charge on any atom is 0.328 e. The maximum absolute atomic E-state index is 13.0. The number of nitrogens with zero attached hydrogens (tertiary/aromatic N) is 2. The molecule has 2 heterocycles. The molecule has 7 heteroatoms. The molecular formula is C22H24N4O3. The molecule has 1 aromatic heterocycles. The summed E-state index contributed by atoms with van der Waals surface area (Å²) in [6, 6.07) is 11.0. The Labute approximate surface area is 169 Å². The molecule has 0 spiro atoms. The lowest BCUT2D eigenvalue weighted by Crippen LogP contribution is -2.45. The van der Waals surface area contributed by atoms with Crippen molar-refractivity contribution < 1.29 is 14.3 Å². The number of aromatic amines is 1. The molecule has 0 bridgehead atoms. The van der Waals surface area contributed by atoms with Crippen LogP contribution in [0.2, 0.25) is 0 Å². The molecule has 3 aromatic rings. The predicted molar refractivity (Wildman–Crippen MR) is 112 cm³/mol. The van der Waals surface area contributed by atoms with Crippen LogP contribution >= 0.6 is 0 Å². The van der Waals surface area contributed by atoms with Gasteiger partial charge in [-0.25, -0.2) is 14.7 Å². The minimum Gasteiger partial charge on any atom is -0.497 e. The van der Waals surface area contributed by atoms with Gasteiger partial charge in [-0.3, -0.25) is 4.79 Å². The number of aromatic nitrogens is 2. The molecule has 2 N–H and O–H groups in total. The smallest absolute Gasteiger partial charge is 0.328 e. The second kappa shape index (κ2) is 6.92. The Hall–Kier alpha value is -3.35. The molecule has 150 valence electrons. The number of H-pyrrole nitrogens is 1. The molecule has 0 fully saturated rings. The van der Waals surface area contributed by atoms with Crippen molar-refractivity contribution in [1.82, 2.24) is 15.3 Å². The third kappa shape index (κ3) is 3.03. The summed E-state index contributed by atoms with van der Waals surface area (Å²) < 4.78 is 5.21. The van der Waals surface area contributed by atoms with E-state index in [2.05, 4.69) is 15.3 Å². The number of amides is 3. The number of methoxy groups -OCH3 is 1. The lowest BCUT2D eigenvalue weighted by Gasteiger charge is -2.19. The molecule has 4 rings (SSSR count). The van der Waals surface area contributed by atoms with E-state index in [1.165, 1.54) is 4.90 Å². The number of hydrogen-bond acceptors (Lipinski definition) is 4. The number of carbonyl (C=O) groups excluding carboxylic acids is 2. The molecule has 0 saturated carbocycles. The molecule has 3 amide bonds. The fourth-order valence-electron chi connectivity index (χ4n) is 3.63. The van der Waals surface area contributed by atoms with Crippen molar-refractivity contribution in [2.45, 2.75) is 32.6 Å². The SMILES string of the molecule is CCCNC(=O)N1C(=O)C(C)(C)c2cc3[nH]c(-c4ccc(OC)cc4)nc3cc21. The lowest BCUT2D eigenvalue weighted by atomic mass is 9.86. The molecule has 29 heavy (non-hydrogen) atoms. The Morgan fingerprint density at radius 3 is 2.62 bits per heavy atom. The number of imidazole rings is 1. The van der Waals surface area contributed by atoms with E-state index in [9.17, 15) is 9.59 Å². The highest BCUT2D eigenvalue weighted by molar-refractivity contribution is 6.23. The molecule has 0 aliphatic carbocycles. The molecule has 2 aromatic carbocycles. The number of imide groups is 1. The summed E-state index contributed by atoms with van der Waals surface area (Å²) in [6.45, 7) is 6.17. The van der Waals surface area contributed by atoms with Crippen LogP contribution in [0.5, 0.6) is 5.75 Å². The Balaban J connectivity index is 1.79. The van der Waals surface area contributed by atoms with E-state index in [1.54, 1.807) is 7.11 Å². The fourth-order valence-corrected chi connectivity index (χ4v) is 3.63. The van der Waals surface area contributed by atoms with E-state index < -0.39 is 11.4 Å². The van der Waals surface area contributed by atoms with Crippen LogP contribution in [0, 0.1) is 0 Å². The Morgan fingerprint density at radius 2 is 1.97 bits per heavy atom. The van der Waals surface area contributed by atoms with Gasteiger partial charge in [0.2, 0.25) is 5.91 Å². The number of rotatable bonds is 4. The monoisotopic (exact) mass is 392 g/mol. The van der Waals surface area contributed by atoms with Crippen LogP contribution in [0.15, 0.2) is 36.4 Å². The molecule has 1 aliphatic rings. The van der Waals surface area contributed by atoms with Crippen LogP contribution in [0.4, 0.5) is 10.5 Å². The molecule has 0 atom stereocenters. The molecule has 0 saturated heterocycles. The minimum absolute atomic E-state index is 0.232. The largest absolute Gasteiger partial charge is 0.497 e. The zero-order valence-corrected chi connectivity index (χ0v) is 17.0. The maximum atomic E-state index is 13.0. The van der Waals surface area contributed by atoms with Crippen molar-refractivity contribution in [2.24, 2.45) is 0 Å². The van der Waals surface area contributed by atoms with Gasteiger partial charge in [0, 0.05) is 12.1 Å². The van der Waals surface area contributed by atoms with Crippen LogP contribution < -0.4 is 15.0 Å². The van der Waals surface area contributed by atoms with Gasteiger partial charge in [-0.2, -0.15) is 0 Å². The van der Waals surface area contributed by atoms with E-state index in [0.29, 0.717) is 17.7 Å². The van der Waals surface area contributed by atoms with Gasteiger partial charge < -0.3 is 15.0 Å². The highest BCUT2D eigenvalue weighted by Crippen LogP contribution is 2.43. The summed E-state index contributed by atoms with van der Waals surface area (Å²) in [7, 11) is 1.63. The van der Waals surface area contributed by atoms with E-state index >= 15 is 0 Å². The molecular weight excluding hydrogens is 368 g/mol. The second-order valence-electron chi connectivity index (χ2n) is 7.70. The Morgan fingerprint density at radius 1 is 1.24 bits per heavy atom. The van der Waals surface area contributed by atoms with E-state index in [4.69, 9.17) is 4.74 Å². The van der Waals surface area contributed by atoms with Gasteiger partial charge >= 0.3 is 6.03 Å². The predicted octanol–water partition coefficient (Wildman–Crippen LogP) is 3.98. The first-order chi connectivity index (χ1) is 13.9. The summed E-state index contributed by atoms with van der Waals surface area (Å²) in [5, 5.41) is 2.80. The van der Waals surface area contributed by atoms with Crippen LogP contribution in [-0.4, -0.2) is 35.6 Å². The quantitative estimate of drug-likeness (QED) is 0.703. The van der Waals surface area contributed by atoms with Crippen molar-refractivity contribution >= 4 is 28.7 Å². The standard InChI is InChI=1S/C22H24N4O3/c1-5-10-23-21(28)26-18-12-17-16(11-15(18)22(2,3)20(26)27)24-19(25-17)13-6-8-14(29-4)9-7-13/h6-9,11-12H,5,10H2,1-4H3,(H,23,28)(H,24,25). The Kier molecular flexibility index (Phi) is 4.53. The number of hydrogen-bond donors (Lipinski definition) is 2. The van der Waals surface area contributed by atoms with Gasteiger partial charge in [0.05, 0.1) is 29.2 Å². The minimum atomic E-state index is -0.793. The first-order valence-electron chi connectivity index (χ1n) is 9.68. The molecule has 7 nitrogen and oxygen atoms in total. The van der Waals surface area contributed by atoms with Crippen LogP contribution in [0.3, 0.4) is 0 Å². The van der Waals surface area contributed by atoms with Gasteiger partial charge in [-0.1, -0.05) is 6.92 Å². The second-order valence-corrected chi connectivity index (χ2v) is 7.70. The van der Waals surface area contributed by atoms with E-state index in [-0.39, 0.29) is 5.91 Å². The van der Waals surface area contributed by atoms with Gasteiger partial charge in [0.25, 0.3) is 0 Å². The van der Waals surface area contributed by atoms with Crippen LogP contribution in [-0.2, 0) is 10.2 Å². The number of carbonyl (C=O) groups is 2. The first kappa shape index (κ1) is 19.0. The number of nitrogens with one attached hydrogen (secondary N) is 2. The normalized spacial score (nSPS) is 14.9. The summed E-state index contributed by atoms with van der Waals surface area (Å²) in [5.74, 6) is 1.26. The first-order valence-corrected chi connectivity index (χ1v) is 9.68. The van der Waals surface area contributed by atoms with Gasteiger partial charge in [-0.05, 0) is 62.2 Å². The summed E-state index contributed by atoms with van der Waals surface area (Å²) in [5.41, 5.74) is 3.06. The topological polar surface area (TPSA) is 87.3 Å². The third-order valence-electron chi connectivity index (χ3n) is 5.34. The summed E-state index contributed by atoms with van der Waals surface area (Å²) >= 11 is 0. The van der Waals surface area contributed by atoms with Gasteiger partial charge in [0.15, 0.2) is 0 Å². The molecule has 0 radical (unpaired) electrons. The summed E-state index contributed by atoms with van der Waals surface area (Å²) in [4.78, 5) is 34.9. The van der Waals surface area contributed by atoms with Crippen molar-refractivity contribution in [1.29, 1.82) is 0 Å². The molecule has 0 unspecified atom stereocenters. The molecule has 1 aliphatic heterocycles. The van der Waals surface area contributed by atoms with Crippen LogP contribution in [0.1, 0.15) is 32.8 Å². The van der Waals surface area contributed by atoms with Gasteiger partial charge in [0.1, 0.15) is 11.6 Å². The van der Waals surface area contributed by atoms with Gasteiger partial charge in [-0.15, -0.1) is 0 Å². The fraction of sp³-hybridized carbons (Fsp3) is 0.318.